The first-order valence-electron chi connectivity index (χ1n) is 8.68. The average molecular weight is 340 g/mol. The Hall–Kier alpha value is -2.40. The lowest BCUT2D eigenvalue weighted by molar-refractivity contribution is 0.145. The first-order chi connectivity index (χ1) is 12.2. The molecule has 2 aromatic carbocycles. The number of anilines is 1. The Morgan fingerprint density at radius 1 is 1.12 bits per heavy atom. The molecule has 2 aromatic rings. The minimum atomic E-state index is -0.481. The van der Waals surface area contributed by atoms with Gasteiger partial charge in [0.15, 0.2) is 0 Å². The van der Waals surface area contributed by atoms with Gasteiger partial charge in [-0.3, -0.25) is 4.90 Å². The summed E-state index contributed by atoms with van der Waals surface area (Å²) in [4.78, 5) is 14.2. The number of amides is 1. The minimum absolute atomic E-state index is 0.172. The SMILES string of the molecule is O=C(OCc1ccccc1)N1CC2(CCNCC2)c2cccc(F)c21. The Balaban J connectivity index is 1.59. The number of carbonyl (C=O) groups is 1. The smallest absolute Gasteiger partial charge is 0.414 e. The van der Waals surface area contributed by atoms with Crippen LogP contribution in [0.2, 0.25) is 0 Å². The van der Waals surface area contributed by atoms with Gasteiger partial charge in [0, 0.05) is 12.0 Å². The molecule has 0 saturated carbocycles. The van der Waals surface area contributed by atoms with Crippen LogP contribution in [-0.4, -0.2) is 25.7 Å². The predicted molar refractivity (Wildman–Crippen MR) is 94.2 cm³/mol. The number of nitrogens with one attached hydrogen (secondary N) is 1. The highest BCUT2D eigenvalue weighted by molar-refractivity contribution is 5.91. The van der Waals surface area contributed by atoms with Gasteiger partial charge < -0.3 is 10.1 Å². The maximum Gasteiger partial charge on any atom is 0.414 e. The molecule has 2 aliphatic heterocycles. The maximum absolute atomic E-state index is 14.5. The summed E-state index contributed by atoms with van der Waals surface area (Å²) in [7, 11) is 0. The summed E-state index contributed by atoms with van der Waals surface area (Å²) >= 11 is 0. The maximum atomic E-state index is 14.5. The highest BCUT2D eigenvalue weighted by atomic mass is 19.1. The van der Waals surface area contributed by atoms with Crippen molar-refractivity contribution in [3.05, 3.63) is 65.5 Å². The zero-order chi connectivity index (χ0) is 17.3. The predicted octanol–water partition coefficient (Wildman–Crippen LogP) is 3.60. The van der Waals surface area contributed by atoms with Crippen LogP contribution in [0, 0.1) is 5.82 Å². The third-order valence-electron chi connectivity index (χ3n) is 5.28. The summed E-state index contributed by atoms with van der Waals surface area (Å²) in [5.74, 6) is -0.357. The van der Waals surface area contributed by atoms with Gasteiger partial charge >= 0.3 is 6.09 Å². The molecule has 1 fully saturated rings. The van der Waals surface area contributed by atoms with E-state index in [9.17, 15) is 9.18 Å². The number of benzene rings is 2. The molecule has 0 bridgehead atoms. The van der Waals surface area contributed by atoms with E-state index in [0.29, 0.717) is 12.2 Å². The molecule has 5 heteroatoms. The van der Waals surface area contributed by atoms with Crippen LogP contribution in [0.25, 0.3) is 0 Å². The van der Waals surface area contributed by atoms with Gasteiger partial charge in [-0.2, -0.15) is 0 Å². The molecule has 2 aliphatic rings. The van der Waals surface area contributed by atoms with Crippen LogP contribution < -0.4 is 10.2 Å². The topological polar surface area (TPSA) is 41.6 Å². The number of piperidine rings is 1. The van der Waals surface area contributed by atoms with E-state index in [1.807, 2.05) is 36.4 Å². The van der Waals surface area contributed by atoms with E-state index in [1.54, 1.807) is 6.07 Å². The van der Waals surface area contributed by atoms with Crippen LogP contribution in [0.4, 0.5) is 14.9 Å². The number of ether oxygens (including phenoxy) is 1. The largest absolute Gasteiger partial charge is 0.444 e. The van der Waals surface area contributed by atoms with Crippen molar-refractivity contribution in [2.75, 3.05) is 24.5 Å². The quantitative estimate of drug-likeness (QED) is 0.908. The fraction of sp³-hybridized carbons (Fsp3) is 0.350. The van der Waals surface area contributed by atoms with Crippen molar-refractivity contribution in [1.29, 1.82) is 0 Å². The van der Waals surface area contributed by atoms with E-state index in [2.05, 4.69) is 5.32 Å². The summed E-state index contributed by atoms with van der Waals surface area (Å²) in [5.41, 5.74) is 2.07. The number of para-hydroxylation sites is 1. The van der Waals surface area contributed by atoms with Crippen molar-refractivity contribution < 1.29 is 13.9 Å². The van der Waals surface area contributed by atoms with Gasteiger partial charge in [-0.25, -0.2) is 9.18 Å². The number of halogens is 1. The molecule has 2 heterocycles. The van der Waals surface area contributed by atoms with Gasteiger partial charge in [0.2, 0.25) is 0 Å². The first kappa shape index (κ1) is 16.1. The molecular weight excluding hydrogens is 319 g/mol. The third kappa shape index (κ3) is 2.89. The van der Waals surface area contributed by atoms with Crippen LogP contribution in [0.5, 0.6) is 0 Å². The Kier molecular flexibility index (Phi) is 4.17. The fourth-order valence-electron chi connectivity index (χ4n) is 3.97. The Bertz CT molecular complexity index is 773. The van der Waals surface area contributed by atoms with Crippen molar-refractivity contribution in [2.45, 2.75) is 24.9 Å². The normalized spacial score (nSPS) is 18.2. The number of rotatable bonds is 2. The summed E-state index contributed by atoms with van der Waals surface area (Å²) in [6.07, 6.45) is 1.31. The third-order valence-corrected chi connectivity index (χ3v) is 5.28. The monoisotopic (exact) mass is 340 g/mol. The number of fused-ring (bicyclic) bond motifs is 2. The Labute approximate surface area is 146 Å². The van der Waals surface area contributed by atoms with E-state index in [4.69, 9.17) is 4.74 Å². The van der Waals surface area contributed by atoms with Crippen LogP contribution >= 0.6 is 0 Å². The average Bonchev–Trinajstić information content (AvgIpc) is 2.97. The lowest BCUT2D eigenvalue weighted by Crippen LogP contribution is -2.44. The number of hydrogen-bond acceptors (Lipinski definition) is 3. The van der Waals surface area contributed by atoms with Crippen molar-refractivity contribution in [2.24, 2.45) is 0 Å². The van der Waals surface area contributed by atoms with E-state index in [1.165, 1.54) is 11.0 Å². The number of hydrogen-bond donors (Lipinski definition) is 1. The molecule has 0 atom stereocenters. The number of nitrogens with zero attached hydrogens (tertiary/aromatic N) is 1. The van der Waals surface area contributed by atoms with Crippen molar-refractivity contribution in [1.82, 2.24) is 5.32 Å². The van der Waals surface area contributed by atoms with Crippen LogP contribution in [0.1, 0.15) is 24.0 Å². The summed E-state index contributed by atoms with van der Waals surface area (Å²) in [6.45, 7) is 2.43. The van der Waals surface area contributed by atoms with Crippen molar-refractivity contribution in [3.63, 3.8) is 0 Å². The summed E-state index contributed by atoms with van der Waals surface area (Å²) in [6, 6.07) is 14.6. The molecular formula is C20H21FN2O2. The molecule has 1 N–H and O–H groups in total. The minimum Gasteiger partial charge on any atom is -0.444 e. The van der Waals surface area contributed by atoms with E-state index in [-0.39, 0.29) is 17.8 Å². The van der Waals surface area contributed by atoms with Gasteiger partial charge in [-0.05, 0) is 43.1 Å². The highest BCUT2D eigenvalue weighted by Gasteiger charge is 2.47. The molecule has 0 aliphatic carbocycles. The molecule has 0 aromatic heterocycles. The van der Waals surface area contributed by atoms with Gasteiger partial charge in [0.05, 0.1) is 5.69 Å². The molecule has 130 valence electrons. The number of carbonyl (C=O) groups excluding carboxylic acids is 1. The lowest BCUT2D eigenvalue weighted by atomic mass is 9.75. The zero-order valence-corrected chi connectivity index (χ0v) is 14.0. The van der Waals surface area contributed by atoms with Crippen molar-refractivity contribution >= 4 is 11.8 Å². The second kappa shape index (κ2) is 6.48. The Morgan fingerprint density at radius 2 is 1.88 bits per heavy atom. The Morgan fingerprint density at radius 3 is 2.64 bits per heavy atom. The molecule has 25 heavy (non-hydrogen) atoms. The van der Waals surface area contributed by atoms with Crippen molar-refractivity contribution in [3.8, 4) is 0 Å². The highest BCUT2D eigenvalue weighted by Crippen LogP contribution is 2.47. The molecule has 4 rings (SSSR count). The molecule has 0 unspecified atom stereocenters. The van der Waals surface area contributed by atoms with Gasteiger partial charge in [0.1, 0.15) is 12.4 Å². The molecule has 4 nitrogen and oxygen atoms in total. The lowest BCUT2D eigenvalue weighted by Gasteiger charge is -2.34. The molecule has 1 amide bonds. The second-order valence-electron chi connectivity index (χ2n) is 6.79. The van der Waals surface area contributed by atoms with Gasteiger partial charge in [-0.15, -0.1) is 0 Å². The van der Waals surface area contributed by atoms with Crippen LogP contribution in [0.15, 0.2) is 48.5 Å². The van der Waals surface area contributed by atoms with Crippen LogP contribution in [-0.2, 0) is 16.8 Å². The van der Waals surface area contributed by atoms with Crippen LogP contribution in [0.3, 0.4) is 0 Å². The molecule has 1 spiro atoms. The van der Waals surface area contributed by atoms with E-state index < -0.39 is 6.09 Å². The van der Waals surface area contributed by atoms with E-state index in [0.717, 1.165) is 37.1 Å². The standard InChI is InChI=1S/C20H21FN2O2/c21-17-8-4-7-16-18(17)23(14-20(16)9-11-22-12-10-20)19(24)25-13-15-5-2-1-3-6-15/h1-8,22H,9-14H2. The fourth-order valence-corrected chi connectivity index (χ4v) is 3.97. The second-order valence-corrected chi connectivity index (χ2v) is 6.79. The summed E-state index contributed by atoms with van der Waals surface area (Å²) < 4.78 is 20.0. The van der Waals surface area contributed by atoms with Gasteiger partial charge in [0.25, 0.3) is 0 Å². The first-order valence-corrected chi connectivity index (χ1v) is 8.68. The zero-order valence-electron chi connectivity index (χ0n) is 14.0. The van der Waals surface area contributed by atoms with E-state index >= 15 is 0 Å². The molecule has 0 radical (unpaired) electrons. The summed E-state index contributed by atoms with van der Waals surface area (Å²) in [5, 5.41) is 3.34. The van der Waals surface area contributed by atoms with Gasteiger partial charge in [-0.1, -0.05) is 42.5 Å². The molecule has 1 saturated heterocycles.